The predicted molar refractivity (Wildman–Crippen MR) is 103 cm³/mol. The molecule has 0 N–H and O–H groups in total. The van der Waals surface area contributed by atoms with Gasteiger partial charge in [0.15, 0.2) is 10.8 Å². The summed E-state index contributed by atoms with van der Waals surface area (Å²) in [7, 11) is 5.84. The van der Waals surface area contributed by atoms with Crippen molar-refractivity contribution in [3.05, 3.63) is 41.2 Å². The Hall–Kier alpha value is -1.96. The second-order valence-corrected chi connectivity index (χ2v) is 7.54. The average Bonchev–Trinajstić information content (AvgIpc) is 3.16. The first-order chi connectivity index (χ1) is 11.9. The van der Waals surface area contributed by atoms with Gasteiger partial charge in [-0.3, -0.25) is 14.4 Å². The number of aryl methyl sites for hydroxylation is 1. The number of amides is 1. The zero-order chi connectivity index (χ0) is 18.0. The van der Waals surface area contributed by atoms with Gasteiger partial charge in [-0.05, 0) is 51.3 Å². The molecule has 2 heterocycles. The molecule has 0 atom stereocenters. The Morgan fingerprint density at radius 1 is 1.28 bits per heavy atom. The van der Waals surface area contributed by atoms with Crippen LogP contribution in [-0.2, 0) is 7.05 Å². The molecule has 0 saturated heterocycles. The van der Waals surface area contributed by atoms with Crippen molar-refractivity contribution in [3.8, 4) is 0 Å². The molecule has 2 aromatic heterocycles. The molecule has 1 aromatic carbocycles. The minimum Gasteiger partial charge on any atom is -0.309 e. The predicted octanol–water partition coefficient (Wildman–Crippen LogP) is 3.28. The van der Waals surface area contributed by atoms with E-state index in [0.717, 1.165) is 23.2 Å². The van der Waals surface area contributed by atoms with Crippen LogP contribution in [0.4, 0.5) is 5.13 Å². The maximum absolute atomic E-state index is 13.0. The normalized spacial score (nSPS) is 11.4. The molecule has 132 valence electrons. The van der Waals surface area contributed by atoms with E-state index in [1.807, 2.05) is 32.3 Å². The molecule has 0 unspecified atom stereocenters. The number of thiazole rings is 1. The Morgan fingerprint density at radius 3 is 2.76 bits per heavy atom. The minimum absolute atomic E-state index is 0.135. The van der Waals surface area contributed by atoms with E-state index in [4.69, 9.17) is 11.6 Å². The Bertz CT molecular complexity index is 888. The van der Waals surface area contributed by atoms with Gasteiger partial charge in [0.05, 0.1) is 10.2 Å². The summed E-state index contributed by atoms with van der Waals surface area (Å²) >= 11 is 7.54. The third-order valence-corrected chi connectivity index (χ3v) is 5.01. The smallest absolute Gasteiger partial charge is 0.280 e. The molecular formula is C17H20ClN5OS. The number of halogens is 1. The van der Waals surface area contributed by atoms with E-state index in [9.17, 15) is 4.79 Å². The number of aromatic nitrogens is 3. The summed E-state index contributed by atoms with van der Waals surface area (Å²) < 4.78 is 2.59. The van der Waals surface area contributed by atoms with Crippen molar-refractivity contribution in [2.45, 2.75) is 6.42 Å². The van der Waals surface area contributed by atoms with Gasteiger partial charge >= 0.3 is 0 Å². The number of fused-ring (bicyclic) bond motifs is 1. The Balaban J connectivity index is 1.92. The van der Waals surface area contributed by atoms with Crippen molar-refractivity contribution in [1.82, 2.24) is 19.7 Å². The minimum atomic E-state index is -0.135. The van der Waals surface area contributed by atoms with E-state index in [-0.39, 0.29) is 5.91 Å². The van der Waals surface area contributed by atoms with E-state index >= 15 is 0 Å². The molecule has 0 aliphatic rings. The van der Waals surface area contributed by atoms with E-state index < -0.39 is 0 Å². The van der Waals surface area contributed by atoms with Crippen LogP contribution in [0.15, 0.2) is 30.5 Å². The molecule has 0 bridgehead atoms. The summed E-state index contributed by atoms with van der Waals surface area (Å²) in [6, 6.07) is 7.29. The first-order valence-electron chi connectivity index (χ1n) is 7.96. The van der Waals surface area contributed by atoms with Crippen LogP contribution in [0.5, 0.6) is 0 Å². The fourth-order valence-corrected chi connectivity index (χ4v) is 3.76. The molecule has 0 radical (unpaired) electrons. The number of hydrogen-bond donors (Lipinski definition) is 0. The van der Waals surface area contributed by atoms with Crippen molar-refractivity contribution in [2.75, 3.05) is 32.1 Å². The van der Waals surface area contributed by atoms with Gasteiger partial charge in [0.1, 0.15) is 0 Å². The largest absolute Gasteiger partial charge is 0.309 e. The topological polar surface area (TPSA) is 54.3 Å². The van der Waals surface area contributed by atoms with Gasteiger partial charge < -0.3 is 4.90 Å². The summed E-state index contributed by atoms with van der Waals surface area (Å²) in [6.07, 6.45) is 2.62. The Labute approximate surface area is 155 Å². The number of hydrogen-bond acceptors (Lipinski definition) is 5. The van der Waals surface area contributed by atoms with Crippen molar-refractivity contribution in [1.29, 1.82) is 0 Å². The molecule has 0 spiro atoms. The summed E-state index contributed by atoms with van der Waals surface area (Å²) in [5.41, 5.74) is 1.26. The van der Waals surface area contributed by atoms with E-state index in [1.54, 1.807) is 28.9 Å². The van der Waals surface area contributed by atoms with E-state index in [1.165, 1.54) is 11.3 Å². The summed E-state index contributed by atoms with van der Waals surface area (Å²) in [6.45, 7) is 1.48. The molecule has 0 aliphatic carbocycles. The van der Waals surface area contributed by atoms with Crippen LogP contribution >= 0.6 is 22.9 Å². The fraction of sp³-hybridized carbons (Fsp3) is 0.353. The SMILES string of the molecule is CN(C)CCCN(C(=O)c1ccn(C)n1)c1nc2ccc(Cl)cc2s1. The lowest BCUT2D eigenvalue weighted by molar-refractivity contribution is 0.0980. The highest BCUT2D eigenvalue weighted by atomic mass is 35.5. The fourth-order valence-electron chi connectivity index (χ4n) is 2.50. The summed E-state index contributed by atoms with van der Waals surface area (Å²) in [5, 5.41) is 5.58. The van der Waals surface area contributed by atoms with Crippen molar-refractivity contribution in [3.63, 3.8) is 0 Å². The van der Waals surface area contributed by atoms with Gasteiger partial charge in [-0.2, -0.15) is 5.10 Å². The molecule has 0 aliphatic heterocycles. The molecule has 6 nitrogen and oxygen atoms in total. The summed E-state index contributed by atoms with van der Waals surface area (Å²) in [4.78, 5) is 21.4. The van der Waals surface area contributed by atoms with Gasteiger partial charge in [0, 0.05) is 24.8 Å². The maximum Gasteiger partial charge on any atom is 0.280 e. The second kappa shape index (κ2) is 7.51. The van der Waals surface area contributed by atoms with Crippen molar-refractivity contribution < 1.29 is 4.79 Å². The van der Waals surface area contributed by atoms with Crippen LogP contribution in [-0.4, -0.2) is 52.8 Å². The first-order valence-corrected chi connectivity index (χ1v) is 9.16. The highest BCUT2D eigenvalue weighted by Gasteiger charge is 2.23. The third-order valence-electron chi connectivity index (χ3n) is 3.74. The van der Waals surface area contributed by atoms with Crippen LogP contribution in [0, 0.1) is 0 Å². The molecule has 3 aromatic rings. The van der Waals surface area contributed by atoms with Gasteiger partial charge in [-0.15, -0.1) is 0 Å². The van der Waals surface area contributed by atoms with Crippen molar-refractivity contribution >= 4 is 44.2 Å². The Morgan fingerprint density at radius 2 is 2.08 bits per heavy atom. The number of nitrogens with zero attached hydrogens (tertiary/aromatic N) is 5. The quantitative estimate of drug-likeness (QED) is 0.661. The number of anilines is 1. The first kappa shape index (κ1) is 17.8. The van der Waals surface area contributed by atoms with Crippen LogP contribution in [0.3, 0.4) is 0 Å². The zero-order valence-electron chi connectivity index (χ0n) is 14.4. The van der Waals surface area contributed by atoms with Gasteiger partial charge in [0.25, 0.3) is 5.91 Å². The second-order valence-electron chi connectivity index (χ2n) is 6.10. The highest BCUT2D eigenvalue weighted by molar-refractivity contribution is 7.22. The van der Waals surface area contributed by atoms with Crippen LogP contribution < -0.4 is 4.90 Å². The molecule has 1 amide bonds. The standard InChI is InChI=1S/C17H20ClN5OS/c1-21(2)8-4-9-23(16(24)14-7-10-22(3)20-14)17-19-13-6-5-12(18)11-15(13)25-17/h5-7,10-11H,4,8-9H2,1-3H3. The average molecular weight is 378 g/mol. The number of carbonyl (C=O) groups is 1. The maximum atomic E-state index is 13.0. The number of carbonyl (C=O) groups excluding carboxylic acids is 1. The lowest BCUT2D eigenvalue weighted by Gasteiger charge is -2.20. The molecule has 25 heavy (non-hydrogen) atoms. The van der Waals surface area contributed by atoms with E-state index in [2.05, 4.69) is 15.0 Å². The van der Waals surface area contributed by atoms with Gasteiger partial charge in [-0.25, -0.2) is 4.98 Å². The van der Waals surface area contributed by atoms with E-state index in [0.29, 0.717) is 22.4 Å². The molecule has 0 saturated carbocycles. The number of benzene rings is 1. The van der Waals surface area contributed by atoms with Gasteiger partial charge in [-0.1, -0.05) is 22.9 Å². The van der Waals surface area contributed by atoms with Crippen LogP contribution in [0.2, 0.25) is 5.02 Å². The Kier molecular flexibility index (Phi) is 5.36. The van der Waals surface area contributed by atoms with Crippen molar-refractivity contribution in [2.24, 2.45) is 7.05 Å². The van der Waals surface area contributed by atoms with Gasteiger partial charge in [0.2, 0.25) is 0 Å². The molecule has 3 rings (SSSR count). The lowest BCUT2D eigenvalue weighted by Crippen LogP contribution is -2.33. The van der Waals surface area contributed by atoms with Crippen LogP contribution in [0.1, 0.15) is 16.9 Å². The molecule has 0 fully saturated rings. The third kappa shape index (κ3) is 4.18. The molecular weight excluding hydrogens is 358 g/mol. The zero-order valence-corrected chi connectivity index (χ0v) is 16.0. The lowest BCUT2D eigenvalue weighted by atomic mass is 10.3. The monoisotopic (exact) mass is 377 g/mol. The molecule has 8 heteroatoms. The number of rotatable bonds is 6. The van der Waals surface area contributed by atoms with Crippen LogP contribution in [0.25, 0.3) is 10.2 Å². The summed E-state index contributed by atoms with van der Waals surface area (Å²) in [5.74, 6) is -0.135. The highest BCUT2D eigenvalue weighted by Crippen LogP contribution is 2.31.